The van der Waals surface area contributed by atoms with Crippen LogP contribution in [0.15, 0.2) is 12.1 Å². The molecule has 0 aliphatic heterocycles. The number of phenolic OH excluding ortho intramolecular Hbond substituents is 1. The van der Waals surface area contributed by atoms with E-state index in [1.807, 2.05) is 26.0 Å². The molecular formula is C16H22N2O2. The van der Waals surface area contributed by atoms with Gasteiger partial charge >= 0.3 is 0 Å². The lowest BCUT2D eigenvalue weighted by molar-refractivity contribution is -0.121. The fraction of sp³-hybridized carbons (Fsp3) is 0.562. The molecule has 0 heterocycles. The Morgan fingerprint density at radius 2 is 2.00 bits per heavy atom. The second kappa shape index (κ2) is 4.77. The van der Waals surface area contributed by atoms with Crippen LogP contribution in [0.3, 0.4) is 0 Å². The number of hydrogen-bond acceptors (Lipinski definition) is 3. The van der Waals surface area contributed by atoms with Gasteiger partial charge in [-0.1, -0.05) is 6.07 Å². The second-order valence-corrected chi connectivity index (χ2v) is 6.33. The lowest BCUT2D eigenvalue weighted by Gasteiger charge is -2.27. The number of carbonyl (C=O) groups excluding carboxylic acids is 1. The molecule has 4 nitrogen and oxygen atoms in total. The zero-order valence-electron chi connectivity index (χ0n) is 12.0. The van der Waals surface area contributed by atoms with Gasteiger partial charge in [0.05, 0.1) is 5.92 Å². The monoisotopic (exact) mass is 274 g/mol. The molecule has 3 rings (SSSR count). The highest BCUT2D eigenvalue weighted by Gasteiger charge is 2.49. The first kappa shape index (κ1) is 13.4. The molecule has 0 radical (unpaired) electrons. The highest BCUT2D eigenvalue weighted by Crippen LogP contribution is 2.48. The average molecular weight is 274 g/mol. The molecule has 2 aliphatic carbocycles. The predicted octanol–water partition coefficient (Wildman–Crippen LogP) is 2.32. The second-order valence-electron chi connectivity index (χ2n) is 6.33. The number of aromatic hydroxyl groups is 1. The Balaban J connectivity index is 1.78. The van der Waals surface area contributed by atoms with E-state index in [0.717, 1.165) is 24.0 Å². The molecule has 2 fully saturated rings. The standard InChI is InChI=1S/C16H22N2O2/c1-8-3-6-12(9(2)15(8)19)18-16(20)13-10-4-5-11(7-10)14(13)17/h3,6,10-11,13-14,19H,4-5,7,17H2,1-2H3,(H,18,20). The zero-order chi connectivity index (χ0) is 14.4. The fourth-order valence-corrected chi connectivity index (χ4v) is 3.91. The van der Waals surface area contributed by atoms with E-state index in [4.69, 9.17) is 5.73 Å². The maximum absolute atomic E-state index is 12.5. The van der Waals surface area contributed by atoms with Gasteiger partial charge in [-0.2, -0.15) is 0 Å². The van der Waals surface area contributed by atoms with Crippen molar-refractivity contribution < 1.29 is 9.90 Å². The smallest absolute Gasteiger partial charge is 0.229 e. The minimum atomic E-state index is -0.0726. The van der Waals surface area contributed by atoms with Gasteiger partial charge in [0.25, 0.3) is 0 Å². The zero-order valence-corrected chi connectivity index (χ0v) is 12.0. The van der Waals surface area contributed by atoms with E-state index in [2.05, 4.69) is 5.32 Å². The van der Waals surface area contributed by atoms with Gasteiger partial charge in [0.15, 0.2) is 0 Å². The maximum atomic E-state index is 12.5. The molecule has 4 atom stereocenters. The summed E-state index contributed by atoms with van der Waals surface area (Å²) < 4.78 is 0. The molecule has 4 N–H and O–H groups in total. The Bertz CT molecular complexity index is 554. The summed E-state index contributed by atoms with van der Waals surface area (Å²) in [6, 6.07) is 3.66. The summed E-state index contributed by atoms with van der Waals surface area (Å²) in [4.78, 5) is 12.5. The number of nitrogens with one attached hydrogen (secondary N) is 1. The van der Waals surface area contributed by atoms with Crippen molar-refractivity contribution in [1.29, 1.82) is 0 Å². The lowest BCUT2D eigenvalue weighted by atomic mass is 9.84. The van der Waals surface area contributed by atoms with Crippen molar-refractivity contribution in [1.82, 2.24) is 0 Å². The molecule has 2 bridgehead atoms. The third-order valence-electron chi connectivity index (χ3n) is 5.17. The van der Waals surface area contributed by atoms with E-state index >= 15 is 0 Å². The van der Waals surface area contributed by atoms with Crippen LogP contribution in [0.2, 0.25) is 0 Å². The van der Waals surface area contributed by atoms with E-state index in [-0.39, 0.29) is 23.6 Å². The number of hydrogen-bond donors (Lipinski definition) is 3. The summed E-state index contributed by atoms with van der Waals surface area (Å²) in [5.41, 5.74) is 8.42. The van der Waals surface area contributed by atoms with Gasteiger partial charge in [0.2, 0.25) is 5.91 Å². The summed E-state index contributed by atoms with van der Waals surface area (Å²) in [6.07, 6.45) is 3.38. The number of rotatable bonds is 2. The molecule has 4 unspecified atom stereocenters. The summed E-state index contributed by atoms with van der Waals surface area (Å²) in [5, 5.41) is 12.9. The van der Waals surface area contributed by atoms with Crippen molar-refractivity contribution in [2.24, 2.45) is 23.5 Å². The minimum Gasteiger partial charge on any atom is -0.507 e. The molecule has 1 aromatic carbocycles. The average Bonchev–Trinajstić information content (AvgIpc) is 3.00. The molecule has 0 saturated heterocycles. The Hall–Kier alpha value is -1.55. The normalized spacial score (nSPS) is 31.6. The van der Waals surface area contributed by atoms with E-state index in [1.165, 1.54) is 6.42 Å². The van der Waals surface area contributed by atoms with Gasteiger partial charge in [0, 0.05) is 17.3 Å². The molecule has 0 aromatic heterocycles. The van der Waals surface area contributed by atoms with Gasteiger partial charge < -0.3 is 16.2 Å². The Morgan fingerprint density at radius 1 is 1.30 bits per heavy atom. The lowest BCUT2D eigenvalue weighted by Crippen LogP contribution is -2.42. The van der Waals surface area contributed by atoms with Crippen molar-refractivity contribution in [3.63, 3.8) is 0 Å². The van der Waals surface area contributed by atoms with E-state index in [0.29, 0.717) is 17.5 Å². The van der Waals surface area contributed by atoms with Crippen LogP contribution in [-0.4, -0.2) is 17.1 Å². The number of aryl methyl sites for hydroxylation is 1. The van der Waals surface area contributed by atoms with Crippen LogP contribution in [0.1, 0.15) is 30.4 Å². The number of phenols is 1. The SMILES string of the molecule is Cc1ccc(NC(=O)C2C3CCC(C3)C2N)c(C)c1O. The van der Waals surface area contributed by atoms with Gasteiger partial charge in [0.1, 0.15) is 5.75 Å². The molecule has 108 valence electrons. The molecule has 2 aliphatic rings. The molecule has 0 spiro atoms. The van der Waals surface area contributed by atoms with Gasteiger partial charge in [-0.05, 0) is 56.6 Å². The minimum absolute atomic E-state index is 0.00639. The van der Waals surface area contributed by atoms with Gasteiger partial charge in [-0.25, -0.2) is 0 Å². The number of anilines is 1. The first-order valence-corrected chi connectivity index (χ1v) is 7.34. The summed E-state index contributed by atoms with van der Waals surface area (Å²) in [6.45, 7) is 3.67. The van der Waals surface area contributed by atoms with Crippen LogP contribution in [-0.2, 0) is 4.79 Å². The fourth-order valence-electron chi connectivity index (χ4n) is 3.91. The molecule has 20 heavy (non-hydrogen) atoms. The Labute approximate surface area is 119 Å². The van der Waals surface area contributed by atoms with Crippen LogP contribution >= 0.6 is 0 Å². The first-order valence-electron chi connectivity index (χ1n) is 7.34. The van der Waals surface area contributed by atoms with Crippen molar-refractivity contribution in [2.75, 3.05) is 5.32 Å². The first-order chi connectivity index (χ1) is 9.49. The summed E-state index contributed by atoms with van der Waals surface area (Å²) in [7, 11) is 0. The Kier molecular flexibility index (Phi) is 3.21. The van der Waals surface area contributed by atoms with Crippen LogP contribution in [0.4, 0.5) is 5.69 Å². The number of benzene rings is 1. The van der Waals surface area contributed by atoms with Crippen molar-refractivity contribution in [3.8, 4) is 5.75 Å². The van der Waals surface area contributed by atoms with Crippen LogP contribution < -0.4 is 11.1 Å². The topological polar surface area (TPSA) is 75.4 Å². The van der Waals surface area contributed by atoms with E-state index < -0.39 is 0 Å². The Morgan fingerprint density at radius 3 is 2.65 bits per heavy atom. The third-order valence-corrected chi connectivity index (χ3v) is 5.17. The number of fused-ring (bicyclic) bond motifs is 2. The van der Waals surface area contributed by atoms with Crippen molar-refractivity contribution in [2.45, 2.75) is 39.2 Å². The van der Waals surface area contributed by atoms with Crippen LogP contribution in [0, 0.1) is 31.6 Å². The van der Waals surface area contributed by atoms with E-state index in [1.54, 1.807) is 0 Å². The molecule has 2 saturated carbocycles. The molecular weight excluding hydrogens is 252 g/mol. The number of carbonyl (C=O) groups is 1. The van der Waals surface area contributed by atoms with Gasteiger partial charge in [-0.3, -0.25) is 4.79 Å². The van der Waals surface area contributed by atoms with Crippen LogP contribution in [0.5, 0.6) is 5.75 Å². The highest BCUT2D eigenvalue weighted by molar-refractivity contribution is 5.94. The molecule has 4 heteroatoms. The largest absolute Gasteiger partial charge is 0.507 e. The quantitative estimate of drug-likeness (QED) is 0.774. The maximum Gasteiger partial charge on any atom is 0.229 e. The molecule has 1 amide bonds. The summed E-state index contributed by atoms with van der Waals surface area (Å²) >= 11 is 0. The summed E-state index contributed by atoms with van der Waals surface area (Å²) in [5.74, 6) is 1.14. The van der Waals surface area contributed by atoms with Crippen LogP contribution in [0.25, 0.3) is 0 Å². The van der Waals surface area contributed by atoms with Crippen molar-refractivity contribution in [3.05, 3.63) is 23.3 Å². The van der Waals surface area contributed by atoms with E-state index in [9.17, 15) is 9.90 Å². The molecule has 1 aromatic rings. The third kappa shape index (κ3) is 1.99. The highest BCUT2D eigenvalue weighted by atomic mass is 16.3. The number of amides is 1. The van der Waals surface area contributed by atoms with Gasteiger partial charge in [-0.15, -0.1) is 0 Å². The number of nitrogens with two attached hydrogens (primary N) is 1. The van der Waals surface area contributed by atoms with Crippen molar-refractivity contribution >= 4 is 11.6 Å². The predicted molar refractivity (Wildman–Crippen MR) is 78.5 cm³/mol.